The average molecular weight is 170 g/mol. The number of aldehydes is 1. The Morgan fingerprint density at radius 3 is 2.73 bits per heavy atom. The molecule has 1 aromatic heterocycles. The molecule has 0 aliphatic heterocycles. The second kappa shape index (κ2) is 4.18. The van der Waals surface area contributed by atoms with Gasteiger partial charge in [0.15, 0.2) is 0 Å². The van der Waals surface area contributed by atoms with Crippen LogP contribution in [0.4, 0.5) is 0 Å². The Balaban J connectivity index is 2.50. The summed E-state index contributed by atoms with van der Waals surface area (Å²) in [5.41, 5.74) is 0. The molecule has 0 bridgehead atoms. The van der Waals surface area contributed by atoms with E-state index < -0.39 is 0 Å². The van der Waals surface area contributed by atoms with E-state index in [9.17, 15) is 4.79 Å². The molecule has 0 aliphatic rings. The lowest BCUT2D eigenvalue weighted by Crippen LogP contribution is -1.83. The molecule has 0 atom stereocenters. The highest BCUT2D eigenvalue weighted by molar-refractivity contribution is 7.11. The Hall–Kier alpha value is -0.770. The third kappa shape index (κ3) is 2.38. The second-order valence-electron chi connectivity index (χ2n) is 2.15. The minimum atomic E-state index is 0.554. The van der Waals surface area contributed by atoms with Gasteiger partial charge in [0.25, 0.3) is 0 Å². The molecule has 1 rings (SSSR count). The predicted octanol–water partition coefficient (Wildman–Crippen LogP) is 1.23. The van der Waals surface area contributed by atoms with Gasteiger partial charge < -0.3 is 4.79 Å². The molecule has 0 fully saturated rings. The standard InChI is InChI=1S/C7H10N2OS/c1-2-6-8-9-7(11-6)4-3-5-10/h5H,2-4H2,1H3. The Bertz CT molecular complexity index is 234. The summed E-state index contributed by atoms with van der Waals surface area (Å²) in [6.07, 6.45) is 3.13. The van der Waals surface area contributed by atoms with E-state index in [0.717, 1.165) is 29.1 Å². The maximum absolute atomic E-state index is 10.0. The summed E-state index contributed by atoms with van der Waals surface area (Å²) in [5, 5.41) is 9.89. The van der Waals surface area contributed by atoms with Crippen LogP contribution in [0.15, 0.2) is 0 Å². The summed E-state index contributed by atoms with van der Waals surface area (Å²) in [5.74, 6) is 0. The SMILES string of the molecule is CCc1nnc(CCC=O)s1. The molecule has 3 nitrogen and oxygen atoms in total. The zero-order valence-corrected chi connectivity index (χ0v) is 7.23. The molecule has 1 aromatic rings. The van der Waals surface area contributed by atoms with Gasteiger partial charge in [-0.05, 0) is 6.42 Å². The molecule has 0 spiro atoms. The van der Waals surface area contributed by atoms with Crippen molar-refractivity contribution in [2.45, 2.75) is 26.2 Å². The minimum Gasteiger partial charge on any atom is -0.303 e. The maximum atomic E-state index is 10.0. The van der Waals surface area contributed by atoms with E-state index in [1.165, 1.54) is 0 Å². The number of carbonyl (C=O) groups excluding carboxylic acids is 1. The van der Waals surface area contributed by atoms with E-state index in [0.29, 0.717) is 6.42 Å². The topological polar surface area (TPSA) is 42.9 Å². The smallest absolute Gasteiger partial charge is 0.120 e. The van der Waals surface area contributed by atoms with Crippen LogP contribution in [0.25, 0.3) is 0 Å². The van der Waals surface area contributed by atoms with Crippen molar-refractivity contribution in [1.82, 2.24) is 10.2 Å². The molecule has 0 amide bonds. The van der Waals surface area contributed by atoms with E-state index in [1.807, 2.05) is 6.92 Å². The number of rotatable bonds is 4. The zero-order valence-electron chi connectivity index (χ0n) is 6.41. The first-order chi connectivity index (χ1) is 5.36. The van der Waals surface area contributed by atoms with Crippen LogP contribution in [0.2, 0.25) is 0 Å². The molecule has 0 aromatic carbocycles. The molecule has 11 heavy (non-hydrogen) atoms. The summed E-state index contributed by atoms with van der Waals surface area (Å²) in [6.45, 7) is 2.05. The van der Waals surface area contributed by atoms with Crippen molar-refractivity contribution in [3.05, 3.63) is 10.0 Å². The van der Waals surface area contributed by atoms with E-state index >= 15 is 0 Å². The minimum absolute atomic E-state index is 0.554. The van der Waals surface area contributed by atoms with Gasteiger partial charge >= 0.3 is 0 Å². The predicted molar refractivity (Wildman–Crippen MR) is 43.7 cm³/mol. The van der Waals surface area contributed by atoms with Crippen LogP contribution in [0.5, 0.6) is 0 Å². The van der Waals surface area contributed by atoms with Gasteiger partial charge in [-0.1, -0.05) is 6.92 Å². The highest BCUT2D eigenvalue weighted by atomic mass is 32.1. The fourth-order valence-corrected chi connectivity index (χ4v) is 1.51. The number of carbonyl (C=O) groups is 1. The Morgan fingerprint density at radius 2 is 2.18 bits per heavy atom. The number of hydrogen-bond donors (Lipinski definition) is 0. The molecule has 1 heterocycles. The first-order valence-electron chi connectivity index (χ1n) is 3.61. The summed E-state index contributed by atoms with van der Waals surface area (Å²) >= 11 is 1.59. The van der Waals surface area contributed by atoms with Gasteiger partial charge in [0.2, 0.25) is 0 Å². The van der Waals surface area contributed by atoms with Gasteiger partial charge in [0, 0.05) is 12.8 Å². The van der Waals surface area contributed by atoms with Gasteiger partial charge in [-0.15, -0.1) is 21.5 Å². The lowest BCUT2D eigenvalue weighted by Gasteiger charge is -1.83. The first kappa shape index (κ1) is 8.33. The number of nitrogens with zero attached hydrogens (tertiary/aromatic N) is 2. The van der Waals surface area contributed by atoms with Crippen molar-refractivity contribution in [2.24, 2.45) is 0 Å². The van der Waals surface area contributed by atoms with E-state index in [2.05, 4.69) is 10.2 Å². The number of hydrogen-bond acceptors (Lipinski definition) is 4. The van der Waals surface area contributed by atoms with E-state index in [4.69, 9.17) is 0 Å². The second-order valence-corrected chi connectivity index (χ2v) is 3.30. The van der Waals surface area contributed by atoms with Crippen LogP contribution in [0.1, 0.15) is 23.4 Å². The largest absolute Gasteiger partial charge is 0.303 e. The van der Waals surface area contributed by atoms with E-state index in [1.54, 1.807) is 11.3 Å². The van der Waals surface area contributed by atoms with Crippen LogP contribution in [0, 0.1) is 0 Å². The van der Waals surface area contributed by atoms with Crippen LogP contribution in [-0.4, -0.2) is 16.5 Å². The summed E-state index contributed by atoms with van der Waals surface area (Å²) < 4.78 is 0. The van der Waals surface area contributed by atoms with E-state index in [-0.39, 0.29) is 0 Å². The van der Waals surface area contributed by atoms with Crippen molar-refractivity contribution in [1.29, 1.82) is 0 Å². The van der Waals surface area contributed by atoms with Crippen LogP contribution < -0.4 is 0 Å². The molecular formula is C7H10N2OS. The van der Waals surface area contributed by atoms with Gasteiger partial charge in [0.1, 0.15) is 16.3 Å². The van der Waals surface area contributed by atoms with Gasteiger partial charge in [-0.3, -0.25) is 0 Å². The van der Waals surface area contributed by atoms with Crippen molar-refractivity contribution < 1.29 is 4.79 Å². The summed E-state index contributed by atoms with van der Waals surface area (Å²) in [4.78, 5) is 10.0. The highest BCUT2D eigenvalue weighted by Crippen LogP contribution is 2.10. The molecule has 0 radical (unpaired) electrons. The Kier molecular flexibility index (Phi) is 3.16. The van der Waals surface area contributed by atoms with Crippen molar-refractivity contribution in [3.63, 3.8) is 0 Å². The average Bonchev–Trinajstić information content (AvgIpc) is 2.48. The third-order valence-electron chi connectivity index (χ3n) is 1.29. The first-order valence-corrected chi connectivity index (χ1v) is 4.43. The quantitative estimate of drug-likeness (QED) is 0.638. The van der Waals surface area contributed by atoms with Crippen molar-refractivity contribution in [2.75, 3.05) is 0 Å². The molecule has 0 unspecified atom stereocenters. The molecule has 0 saturated carbocycles. The molecule has 0 aliphatic carbocycles. The lowest BCUT2D eigenvalue weighted by molar-refractivity contribution is -0.107. The van der Waals surface area contributed by atoms with Crippen LogP contribution >= 0.6 is 11.3 Å². The summed E-state index contributed by atoms with van der Waals surface area (Å²) in [6, 6.07) is 0. The van der Waals surface area contributed by atoms with Gasteiger partial charge in [-0.2, -0.15) is 0 Å². The highest BCUT2D eigenvalue weighted by Gasteiger charge is 2.00. The molecule has 4 heteroatoms. The maximum Gasteiger partial charge on any atom is 0.120 e. The van der Waals surface area contributed by atoms with Crippen molar-refractivity contribution in [3.8, 4) is 0 Å². The number of aromatic nitrogens is 2. The third-order valence-corrected chi connectivity index (χ3v) is 2.41. The fraction of sp³-hybridized carbons (Fsp3) is 0.571. The summed E-state index contributed by atoms with van der Waals surface area (Å²) in [7, 11) is 0. The van der Waals surface area contributed by atoms with Crippen LogP contribution in [0.3, 0.4) is 0 Å². The zero-order chi connectivity index (χ0) is 8.10. The fourth-order valence-electron chi connectivity index (χ4n) is 0.715. The normalized spacial score (nSPS) is 9.91. The van der Waals surface area contributed by atoms with Crippen molar-refractivity contribution >= 4 is 17.6 Å². The monoisotopic (exact) mass is 170 g/mol. The number of aryl methyl sites for hydroxylation is 2. The molecular weight excluding hydrogens is 160 g/mol. The lowest BCUT2D eigenvalue weighted by atomic mass is 10.3. The Labute approximate surface area is 69.5 Å². The molecule has 60 valence electrons. The van der Waals surface area contributed by atoms with Gasteiger partial charge in [0.05, 0.1) is 0 Å². The Morgan fingerprint density at radius 1 is 1.45 bits per heavy atom. The van der Waals surface area contributed by atoms with Crippen LogP contribution in [-0.2, 0) is 17.6 Å². The molecule has 0 saturated heterocycles. The van der Waals surface area contributed by atoms with Gasteiger partial charge in [-0.25, -0.2) is 0 Å². The molecule has 0 N–H and O–H groups in total.